The minimum absolute atomic E-state index is 0.231. The first-order chi connectivity index (χ1) is 7.84. The average Bonchev–Trinajstić information content (AvgIpc) is 2.90. The fourth-order valence-corrected chi connectivity index (χ4v) is 2.52. The summed E-state index contributed by atoms with van der Waals surface area (Å²) in [6.45, 7) is 0.887. The van der Waals surface area contributed by atoms with Crippen molar-refractivity contribution in [2.45, 2.75) is 31.8 Å². The van der Waals surface area contributed by atoms with E-state index in [2.05, 4.69) is 16.8 Å². The Labute approximate surface area is 94.9 Å². The number of aromatic nitrogens is 1. The van der Waals surface area contributed by atoms with Gasteiger partial charge in [0.15, 0.2) is 0 Å². The largest absolute Gasteiger partial charge is 0.472 e. The van der Waals surface area contributed by atoms with Gasteiger partial charge in [0.2, 0.25) is 0 Å². The lowest BCUT2D eigenvalue weighted by Gasteiger charge is -2.20. The van der Waals surface area contributed by atoms with Gasteiger partial charge in [0, 0.05) is 23.5 Å². The normalized spacial score (nSPS) is 19.7. The summed E-state index contributed by atoms with van der Waals surface area (Å²) in [6, 6.07) is 4.41. The van der Waals surface area contributed by atoms with Gasteiger partial charge in [0.05, 0.1) is 19.1 Å². The molecule has 16 heavy (non-hydrogen) atoms. The van der Waals surface area contributed by atoms with E-state index in [1.54, 1.807) is 12.5 Å². The van der Waals surface area contributed by atoms with Gasteiger partial charge in [-0.3, -0.25) is 0 Å². The van der Waals surface area contributed by atoms with E-state index in [0.717, 1.165) is 19.4 Å². The molecule has 0 saturated carbocycles. The molecule has 0 aliphatic heterocycles. The maximum atomic E-state index is 6.10. The molecule has 3 nitrogen and oxygen atoms in total. The van der Waals surface area contributed by atoms with Gasteiger partial charge >= 0.3 is 0 Å². The molecule has 2 N–H and O–H groups in total. The van der Waals surface area contributed by atoms with E-state index >= 15 is 0 Å². The topological polar surface area (TPSA) is 44.1 Å². The van der Waals surface area contributed by atoms with Crippen LogP contribution in [0.3, 0.4) is 0 Å². The van der Waals surface area contributed by atoms with Crippen molar-refractivity contribution in [1.82, 2.24) is 4.57 Å². The zero-order valence-electron chi connectivity index (χ0n) is 9.23. The summed E-state index contributed by atoms with van der Waals surface area (Å²) in [7, 11) is 0. The number of hydrogen-bond acceptors (Lipinski definition) is 2. The van der Waals surface area contributed by atoms with Gasteiger partial charge in [0.1, 0.15) is 0 Å². The third kappa shape index (κ3) is 1.57. The van der Waals surface area contributed by atoms with Crippen molar-refractivity contribution < 1.29 is 4.42 Å². The first kappa shape index (κ1) is 9.73. The Morgan fingerprint density at radius 3 is 3.19 bits per heavy atom. The highest BCUT2D eigenvalue weighted by molar-refractivity contribution is 5.29. The molecule has 2 heterocycles. The summed E-state index contributed by atoms with van der Waals surface area (Å²) in [6.07, 6.45) is 9.12. The van der Waals surface area contributed by atoms with Crippen LogP contribution in [0.5, 0.6) is 0 Å². The highest BCUT2D eigenvalue weighted by Gasteiger charge is 2.19. The molecule has 0 aromatic carbocycles. The molecule has 1 unspecified atom stereocenters. The molecule has 2 aromatic rings. The zero-order chi connectivity index (χ0) is 11.0. The standard InChI is InChI=1S/C13H16N2O/c14-12-2-1-3-13-11(12)4-6-15(13)8-10-5-7-16-9-10/h4-7,9,12H,1-3,8,14H2. The number of fused-ring (bicyclic) bond motifs is 1. The van der Waals surface area contributed by atoms with Gasteiger partial charge in [-0.1, -0.05) is 0 Å². The fraction of sp³-hybridized carbons (Fsp3) is 0.385. The third-order valence-corrected chi connectivity index (χ3v) is 3.38. The molecule has 2 aromatic heterocycles. The van der Waals surface area contributed by atoms with Crippen LogP contribution in [0, 0.1) is 0 Å². The number of hydrogen-bond donors (Lipinski definition) is 1. The van der Waals surface area contributed by atoms with Crippen molar-refractivity contribution in [2.24, 2.45) is 5.73 Å². The van der Waals surface area contributed by atoms with Crippen LogP contribution in [0.4, 0.5) is 0 Å². The Morgan fingerprint density at radius 1 is 1.44 bits per heavy atom. The van der Waals surface area contributed by atoms with Crippen LogP contribution in [0.2, 0.25) is 0 Å². The van der Waals surface area contributed by atoms with Crippen molar-refractivity contribution >= 4 is 0 Å². The van der Waals surface area contributed by atoms with Crippen LogP contribution >= 0.6 is 0 Å². The van der Waals surface area contributed by atoms with Crippen molar-refractivity contribution in [3.8, 4) is 0 Å². The smallest absolute Gasteiger partial charge is 0.0952 e. The monoisotopic (exact) mass is 216 g/mol. The second kappa shape index (κ2) is 3.83. The lowest BCUT2D eigenvalue weighted by molar-refractivity contribution is 0.543. The van der Waals surface area contributed by atoms with Gasteiger partial charge in [-0.15, -0.1) is 0 Å². The maximum absolute atomic E-state index is 6.10. The van der Waals surface area contributed by atoms with E-state index in [1.165, 1.54) is 23.2 Å². The Balaban J connectivity index is 1.91. The van der Waals surface area contributed by atoms with Gasteiger partial charge in [-0.05, 0) is 37.0 Å². The summed E-state index contributed by atoms with van der Waals surface area (Å²) in [5, 5.41) is 0. The van der Waals surface area contributed by atoms with Gasteiger partial charge < -0.3 is 14.7 Å². The highest BCUT2D eigenvalue weighted by atomic mass is 16.3. The molecule has 0 radical (unpaired) electrons. The highest BCUT2D eigenvalue weighted by Crippen LogP contribution is 2.29. The van der Waals surface area contributed by atoms with Gasteiger partial charge in [-0.25, -0.2) is 0 Å². The number of nitrogens with two attached hydrogens (primary N) is 1. The van der Waals surface area contributed by atoms with E-state index in [1.807, 2.05) is 6.07 Å². The summed E-state index contributed by atoms with van der Waals surface area (Å²) < 4.78 is 7.38. The Hall–Kier alpha value is -1.48. The number of furan rings is 1. The van der Waals surface area contributed by atoms with Crippen molar-refractivity contribution in [3.05, 3.63) is 47.7 Å². The fourth-order valence-electron chi connectivity index (χ4n) is 2.52. The summed E-state index contributed by atoms with van der Waals surface area (Å²) in [5.41, 5.74) is 10.0. The van der Waals surface area contributed by atoms with Gasteiger partial charge in [0.25, 0.3) is 0 Å². The Bertz CT molecular complexity index is 470. The first-order valence-electron chi connectivity index (χ1n) is 5.79. The van der Waals surface area contributed by atoms with Gasteiger partial charge in [-0.2, -0.15) is 0 Å². The summed E-state index contributed by atoms with van der Waals surface area (Å²) in [4.78, 5) is 0. The minimum Gasteiger partial charge on any atom is -0.472 e. The zero-order valence-corrected chi connectivity index (χ0v) is 9.23. The predicted molar refractivity (Wildman–Crippen MR) is 62.1 cm³/mol. The molecule has 3 heteroatoms. The molecule has 1 aliphatic carbocycles. The molecule has 0 spiro atoms. The van der Waals surface area contributed by atoms with E-state index < -0.39 is 0 Å². The van der Waals surface area contributed by atoms with E-state index in [9.17, 15) is 0 Å². The Morgan fingerprint density at radius 2 is 2.38 bits per heavy atom. The van der Waals surface area contributed by atoms with Crippen LogP contribution in [0.25, 0.3) is 0 Å². The average molecular weight is 216 g/mol. The van der Waals surface area contributed by atoms with Crippen molar-refractivity contribution in [1.29, 1.82) is 0 Å². The lowest BCUT2D eigenvalue weighted by atomic mass is 9.93. The minimum atomic E-state index is 0.231. The third-order valence-electron chi connectivity index (χ3n) is 3.38. The van der Waals surface area contributed by atoms with Crippen LogP contribution in [0.15, 0.2) is 35.3 Å². The van der Waals surface area contributed by atoms with E-state index in [0.29, 0.717) is 0 Å². The van der Waals surface area contributed by atoms with E-state index in [4.69, 9.17) is 10.2 Å². The quantitative estimate of drug-likeness (QED) is 0.838. The van der Waals surface area contributed by atoms with E-state index in [-0.39, 0.29) is 6.04 Å². The van der Waals surface area contributed by atoms with Crippen molar-refractivity contribution in [2.75, 3.05) is 0 Å². The van der Waals surface area contributed by atoms with Crippen LogP contribution in [0.1, 0.15) is 35.7 Å². The first-order valence-corrected chi connectivity index (χ1v) is 5.79. The molecule has 84 valence electrons. The predicted octanol–water partition coefficient (Wildman–Crippen LogP) is 2.47. The van der Waals surface area contributed by atoms with Crippen LogP contribution in [-0.2, 0) is 13.0 Å². The molecule has 3 rings (SSSR count). The van der Waals surface area contributed by atoms with Crippen LogP contribution < -0.4 is 5.73 Å². The maximum Gasteiger partial charge on any atom is 0.0952 e. The molecule has 0 amide bonds. The molecule has 1 atom stereocenters. The number of rotatable bonds is 2. The SMILES string of the molecule is NC1CCCc2c1ccn2Cc1ccoc1. The number of nitrogens with zero attached hydrogens (tertiary/aromatic N) is 1. The van der Waals surface area contributed by atoms with Crippen LogP contribution in [-0.4, -0.2) is 4.57 Å². The van der Waals surface area contributed by atoms with Crippen molar-refractivity contribution in [3.63, 3.8) is 0 Å². The lowest BCUT2D eigenvalue weighted by Crippen LogP contribution is -2.18. The molecule has 0 saturated heterocycles. The summed E-state index contributed by atoms with van der Waals surface area (Å²) in [5.74, 6) is 0. The Kier molecular flexibility index (Phi) is 2.33. The molecule has 1 aliphatic rings. The molecular weight excluding hydrogens is 200 g/mol. The molecule has 0 bridgehead atoms. The molecule has 0 fully saturated rings. The summed E-state index contributed by atoms with van der Waals surface area (Å²) >= 11 is 0. The second-order valence-corrected chi connectivity index (χ2v) is 4.48. The second-order valence-electron chi connectivity index (χ2n) is 4.48. The molecular formula is C13H16N2O.